The normalized spacial score (nSPS) is 12.3. The van der Waals surface area contributed by atoms with Crippen molar-refractivity contribution < 1.29 is 18.8 Å². The zero-order valence-electron chi connectivity index (χ0n) is 20.7. The van der Waals surface area contributed by atoms with Gasteiger partial charge in [0.05, 0.1) is 12.1 Å². The number of aryl methyl sites for hydroxylation is 3. The molecule has 35 heavy (non-hydrogen) atoms. The number of anilines is 1. The summed E-state index contributed by atoms with van der Waals surface area (Å²) in [5, 5.41) is 6.17. The van der Waals surface area contributed by atoms with Gasteiger partial charge in [0.25, 0.3) is 11.5 Å². The lowest BCUT2D eigenvalue weighted by Gasteiger charge is -2.13. The first-order valence-corrected chi connectivity index (χ1v) is 11.8. The van der Waals surface area contributed by atoms with Crippen LogP contribution in [0.3, 0.4) is 0 Å². The number of carbonyl (C=O) groups is 2. The summed E-state index contributed by atoms with van der Waals surface area (Å²) < 4.78 is 13.4. The van der Waals surface area contributed by atoms with Crippen LogP contribution in [0.2, 0.25) is 0 Å². The average molecular weight is 489 g/mol. The molecule has 0 saturated heterocycles. The topological polar surface area (TPSA) is 154 Å². The smallest absolute Gasteiger partial charge is 0.330 e. The van der Waals surface area contributed by atoms with Gasteiger partial charge in [-0.1, -0.05) is 32.3 Å². The van der Waals surface area contributed by atoms with Crippen molar-refractivity contribution >= 4 is 28.9 Å². The molecule has 0 bridgehead atoms. The summed E-state index contributed by atoms with van der Waals surface area (Å²) in [6.45, 7) is 10.1. The van der Waals surface area contributed by atoms with Gasteiger partial charge in [-0.15, -0.1) is 0 Å². The number of H-pyrrole nitrogens is 1. The molecule has 1 amide bonds. The van der Waals surface area contributed by atoms with Gasteiger partial charge in [-0.3, -0.25) is 29.3 Å². The highest BCUT2D eigenvalue weighted by Gasteiger charge is 2.22. The van der Waals surface area contributed by atoms with Crippen LogP contribution in [0.15, 0.2) is 20.2 Å². The van der Waals surface area contributed by atoms with E-state index >= 15 is 0 Å². The van der Waals surface area contributed by atoms with Gasteiger partial charge < -0.3 is 13.8 Å². The Bertz CT molecular complexity index is 1310. The highest BCUT2D eigenvalue weighted by atomic mass is 16.5. The summed E-state index contributed by atoms with van der Waals surface area (Å²) in [7, 11) is 0. The Labute approximate surface area is 201 Å². The fourth-order valence-corrected chi connectivity index (χ4v) is 3.66. The number of ether oxygens (including phenoxy) is 1. The molecule has 0 saturated carbocycles. The van der Waals surface area contributed by atoms with E-state index in [4.69, 9.17) is 9.26 Å². The molecule has 1 unspecified atom stereocenters. The second-order valence-electron chi connectivity index (χ2n) is 8.92. The zero-order chi connectivity index (χ0) is 25.7. The monoisotopic (exact) mass is 488 g/mol. The molecule has 3 aromatic heterocycles. The predicted molar refractivity (Wildman–Crippen MR) is 128 cm³/mol. The highest BCUT2D eigenvalue weighted by Crippen LogP contribution is 2.17. The van der Waals surface area contributed by atoms with Crippen LogP contribution in [0.4, 0.5) is 5.88 Å². The molecule has 0 aliphatic rings. The number of aromatic amines is 1. The van der Waals surface area contributed by atoms with Crippen molar-refractivity contribution in [2.75, 3.05) is 5.32 Å². The van der Waals surface area contributed by atoms with Crippen LogP contribution < -0.4 is 16.6 Å². The fourth-order valence-electron chi connectivity index (χ4n) is 3.66. The third-order valence-corrected chi connectivity index (χ3v) is 5.35. The molecular weight excluding hydrogens is 456 g/mol. The highest BCUT2D eigenvalue weighted by molar-refractivity contribution is 5.94. The van der Waals surface area contributed by atoms with Gasteiger partial charge in [-0.05, 0) is 26.2 Å². The molecule has 0 fully saturated rings. The molecule has 2 N–H and O–H groups in total. The molecule has 3 aromatic rings. The Balaban J connectivity index is 1.77. The fraction of sp³-hybridized carbons (Fsp3) is 0.565. The maximum atomic E-state index is 12.7. The Morgan fingerprint density at radius 1 is 1.23 bits per heavy atom. The van der Waals surface area contributed by atoms with Crippen LogP contribution in [-0.4, -0.2) is 42.2 Å². The van der Waals surface area contributed by atoms with E-state index in [-0.39, 0.29) is 24.6 Å². The van der Waals surface area contributed by atoms with E-state index in [2.05, 4.69) is 20.4 Å². The molecule has 0 aliphatic heterocycles. The first kappa shape index (κ1) is 25.9. The van der Waals surface area contributed by atoms with Crippen molar-refractivity contribution in [1.82, 2.24) is 24.3 Å². The number of rotatable bonds is 11. The van der Waals surface area contributed by atoms with E-state index in [1.807, 2.05) is 20.8 Å². The predicted octanol–water partition coefficient (Wildman–Crippen LogP) is 2.14. The molecule has 0 spiro atoms. The van der Waals surface area contributed by atoms with E-state index in [0.717, 1.165) is 12.8 Å². The van der Waals surface area contributed by atoms with E-state index in [0.29, 0.717) is 35.8 Å². The van der Waals surface area contributed by atoms with Crippen LogP contribution in [0.25, 0.3) is 11.2 Å². The van der Waals surface area contributed by atoms with Crippen molar-refractivity contribution in [3.05, 3.63) is 38.4 Å². The molecule has 1 atom stereocenters. The van der Waals surface area contributed by atoms with E-state index in [9.17, 15) is 19.2 Å². The third kappa shape index (κ3) is 6.25. The SMILES string of the molecule is CCCCn1c(=O)[nH]c(=O)c2c1nc(CCC(=O)OC(C)C(=O)Nc1cc(C)no1)n2CC(C)C. The van der Waals surface area contributed by atoms with Gasteiger partial charge in [0.1, 0.15) is 5.82 Å². The van der Waals surface area contributed by atoms with Crippen molar-refractivity contribution in [1.29, 1.82) is 0 Å². The molecule has 3 rings (SSSR count). The molecule has 12 heteroatoms. The summed E-state index contributed by atoms with van der Waals surface area (Å²) in [6, 6.07) is 1.55. The number of carbonyl (C=O) groups excluding carboxylic acids is 2. The second-order valence-corrected chi connectivity index (χ2v) is 8.92. The van der Waals surface area contributed by atoms with Gasteiger partial charge in [0.15, 0.2) is 17.3 Å². The van der Waals surface area contributed by atoms with Gasteiger partial charge in [-0.25, -0.2) is 9.78 Å². The molecule has 190 valence electrons. The van der Waals surface area contributed by atoms with Crippen molar-refractivity contribution in [2.45, 2.75) is 79.5 Å². The zero-order valence-corrected chi connectivity index (χ0v) is 20.7. The van der Waals surface area contributed by atoms with Gasteiger partial charge in [0.2, 0.25) is 5.88 Å². The lowest BCUT2D eigenvalue weighted by molar-refractivity contribution is -0.153. The van der Waals surface area contributed by atoms with Crippen LogP contribution in [0.5, 0.6) is 0 Å². The molecule has 3 heterocycles. The number of nitrogens with zero attached hydrogens (tertiary/aromatic N) is 4. The van der Waals surface area contributed by atoms with Crippen molar-refractivity contribution in [3.63, 3.8) is 0 Å². The molecule has 0 aromatic carbocycles. The van der Waals surface area contributed by atoms with Gasteiger partial charge in [-0.2, -0.15) is 0 Å². The number of amides is 1. The maximum Gasteiger partial charge on any atom is 0.330 e. The summed E-state index contributed by atoms with van der Waals surface area (Å²) in [5.74, 6) is -0.287. The number of hydrogen-bond acceptors (Lipinski definition) is 8. The number of fused-ring (bicyclic) bond motifs is 1. The summed E-state index contributed by atoms with van der Waals surface area (Å²) in [6.07, 6.45) is 0.701. The van der Waals surface area contributed by atoms with Crippen LogP contribution in [0.1, 0.15) is 58.5 Å². The van der Waals surface area contributed by atoms with Crippen LogP contribution in [0, 0.1) is 12.8 Å². The second kappa shape index (κ2) is 11.2. The summed E-state index contributed by atoms with van der Waals surface area (Å²) in [4.78, 5) is 56.8. The first-order valence-electron chi connectivity index (χ1n) is 11.8. The number of unbranched alkanes of at least 4 members (excludes halogenated alkanes) is 1. The van der Waals surface area contributed by atoms with Gasteiger partial charge in [0, 0.05) is 25.6 Å². The minimum absolute atomic E-state index is 0.0580. The first-order chi connectivity index (χ1) is 16.6. The van der Waals surface area contributed by atoms with Gasteiger partial charge >= 0.3 is 11.7 Å². The van der Waals surface area contributed by atoms with Crippen LogP contribution in [-0.2, 0) is 33.8 Å². The molecule has 0 radical (unpaired) electrons. The number of imidazole rings is 1. The number of hydrogen-bond donors (Lipinski definition) is 2. The Morgan fingerprint density at radius 2 is 1.97 bits per heavy atom. The molecule has 12 nitrogen and oxygen atoms in total. The summed E-state index contributed by atoms with van der Waals surface area (Å²) >= 11 is 0. The molecular formula is C23H32N6O6. The largest absolute Gasteiger partial charge is 0.453 e. The molecule has 0 aliphatic carbocycles. The van der Waals surface area contributed by atoms with E-state index in [1.165, 1.54) is 11.5 Å². The minimum Gasteiger partial charge on any atom is -0.453 e. The lowest BCUT2D eigenvalue weighted by Crippen LogP contribution is -2.31. The maximum absolute atomic E-state index is 12.7. The van der Waals surface area contributed by atoms with Crippen molar-refractivity contribution in [2.24, 2.45) is 5.92 Å². The number of aromatic nitrogens is 5. The quantitative estimate of drug-likeness (QED) is 0.389. The van der Waals surface area contributed by atoms with E-state index < -0.39 is 29.2 Å². The number of esters is 1. The third-order valence-electron chi connectivity index (χ3n) is 5.35. The number of nitrogens with one attached hydrogen (secondary N) is 2. The Kier molecular flexibility index (Phi) is 8.26. The van der Waals surface area contributed by atoms with Crippen molar-refractivity contribution in [3.8, 4) is 0 Å². The van der Waals surface area contributed by atoms with E-state index in [1.54, 1.807) is 17.6 Å². The van der Waals surface area contributed by atoms with Crippen LogP contribution >= 0.6 is 0 Å². The Morgan fingerprint density at radius 3 is 2.60 bits per heavy atom. The lowest BCUT2D eigenvalue weighted by atomic mass is 10.2. The average Bonchev–Trinajstić information content (AvgIpc) is 3.35. The summed E-state index contributed by atoms with van der Waals surface area (Å²) in [5.41, 5.74) is 0.220. The minimum atomic E-state index is -1.05. The standard InChI is InChI=1S/C23H32N6O6/c1-6-7-10-28-20-19(22(32)26-23(28)33)29(12-13(2)3)16(24-20)8-9-18(30)34-15(5)21(31)25-17-11-14(4)27-35-17/h11,13,15H,6-10,12H2,1-5H3,(H,25,31)(H,26,32,33). The Hall–Kier alpha value is -3.70.